The number of nitro groups is 1. The highest BCUT2D eigenvalue weighted by molar-refractivity contribution is 5.85. The number of nitrogens with zero attached hydrogens (tertiary/aromatic N) is 1. The number of hydrogen-bond acceptors (Lipinski definition) is 4. The minimum absolute atomic E-state index is 0.163. The van der Waals surface area contributed by atoms with Crippen LogP contribution in [-0.4, -0.2) is 23.0 Å². The summed E-state index contributed by atoms with van der Waals surface area (Å²) in [6, 6.07) is 9.06. The van der Waals surface area contributed by atoms with E-state index in [9.17, 15) is 14.9 Å². The number of hydrogen-bond donors (Lipinski definition) is 0. The highest BCUT2D eigenvalue weighted by Crippen LogP contribution is 2.54. The quantitative estimate of drug-likeness (QED) is 0.453. The van der Waals surface area contributed by atoms with E-state index in [4.69, 9.17) is 4.74 Å². The van der Waals surface area contributed by atoms with Gasteiger partial charge < -0.3 is 4.74 Å². The summed E-state index contributed by atoms with van der Waals surface area (Å²) in [6.45, 7) is 1.81. The lowest BCUT2D eigenvalue weighted by molar-refractivity contribution is -0.527. The topological polar surface area (TPSA) is 69.4 Å². The molecule has 0 spiro atoms. The maximum Gasteiger partial charge on any atom is 0.385 e. The zero-order chi connectivity index (χ0) is 12.5. The lowest BCUT2D eigenvalue weighted by Gasteiger charge is -2.08. The van der Waals surface area contributed by atoms with Crippen molar-refractivity contribution in [3.63, 3.8) is 0 Å². The van der Waals surface area contributed by atoms with Crippen LogP contribution in [0.5, 0.6) is 0 Å². The van der Waals surface area contributed by atoms with Gasteiger partial charge in [0.25, 0.3) is 0 Å². The number of carbonyl (C=O) groups excluding carboxylic acids is 1. The van der Waals surface area contributed by atoms with E-state index in [0.717, 1.165) is 5.56 Å². The Morgan fingerprint density at radius 1 is 1.53 bits per heavy atom. The molecule has 17 heavy (non-hydrogen) atoms. The molecule has 2 atom stereocenters. The first kappa shape index (κ1) is 11.6. The van der Waals surface area contributed by atoms with Crippen LogP contribution < -0.4 is 0 Å². The van der Waals surface area contributed by atoms with Crippen LogP contribution in [0.25, 0.3) is 0 Å². The molecule has 2 rings (SSSR count). The molecule has 0 saturated heterocycles. The van der Waals surface area contributed by atoms with Crippen molar-refractivity contribution in [2.24, 2.45) is 0 Å². The molecule has 5 heteroatoms. The number of ether oxygens (including phenoxy) is 1. The van der Waals surface area contributed by atoms with Gasteiger partial charge in [-0.15, -0.1) is 0 Å². The van der Waals surface area contributed by atoms with Crippen LogP contribution >= 0.6 is 0 Å². The molecule has 0 aromatic heterocycles. The Hall–Kier alpha value is -1.91. The average Bonchev–Trinajstić information content (AvgIpc) is 3.07. The molecule has 1 aliphatic rings. The van der Waals surface area contributed by atoms with Gasteiger partial charge in [-0.05, 0) is 12.5 Å². The molecule has 1 fully saturated rings. The zero-order valence-corrected chi connectivity index (χ0v) is 9.46. The van der Waals surface area contributed by atoms with Gasteiger partial charge in [0.15, 0.2) is 0 Å². The second-order valence-electron chi connectivity index (χ2n) is 4.07. The highest BCUT2D eigenvalue weighted by atomic mass is 16.6. The van der Waals surface area contributed by atoms with Crippen LogP contribution in [-0.2, 0) is 9.53 Å². The van der Waals surface area contributed by atoms with E-state index in [2.05, 4.69) is 0 Å². The molecule has 1 aromatic rings. The lowest BCUT2D eigenvalue weighted by Crippen LogP contribution is -2.35. The summed E-state index contributed by atoms with van der Waals surface area (Å²) >= 11 is 0. The lowest BCUT2D eigenvalue weighted by atomic mass is 10.1. The summed E-state index contributed by atoms with van der Waals surface area (Å²) in [5, 5.41) is 11.1. The Bertz CT molecular complexity index is 445. The van der Waals surface area contributed by atoms with Gasteiger partial charge >= 0.3 is 11.5 Å². The number of carbonyl (C=O) groups is 1. The standard InChI is InChI=1S/C12H13NO4/c1-2-17-11(14)12(13(15)16)8-10(12)9-6-4-3-5-7-9/h3-7,10H,2,8H2,1H3/t10-,12-/m1/s1. The van der Waals surface area contributed by atoms with E-state index in [1.165, 1.54) is 0 Å². The number of rotatable bonds is 4. The van der Waals surface area contributed by atoms with Crippen molar-refractivity contribution in [2.75, 3.05) is 6.61 Å². The smallest absolute Gasteiger partial charge is 0.385 e. The summed E-state index contributed by atoms with van der Waals surface area (Å²) < 4.78 is 4.80. The summed E-state index contributed by atoms with van der Waals surface area (Å²) in [4.78, 5) is 22.3. The van der Waals surface area contributed by atoms with Crippen molar-refractivity contribution >= 4 is 5.97 Å². The average molecular weight is 235 g/mol. The van der Waals surface area contributed by atoms with Gasteiger partial charge in [0.2, 0.25) is 0 Å². The van der Waals surface area contributed by atoms with Gasteiger partial charge in [-0.3, -0.25) is 10.1 Å². The predicted molar refractivity (Wildman–Crippen MR) is 60.2 cm³/mol. The van der Waals surface area contributed by atoms with Crippen molar-refractivity contribution in [1.29, 1.82) is 0 Å². The fourth-order valence-corrected chi connectivity index (χ4v) is 2.09. The van der Waals surface area contributed by atoms with Crippen molar-refractivity contribution in [3.8, 4) is 0 Å². The summed E-state index contributed by atoms with van der Waals surface area (Å²) in [5.74, 6) is -1.09. The van der Waals surface area contributed by atoms with E-state index < -0.39 is 16.4 Å². The van der Waals surface area contributed by atoms with Gasteiger partial charge in [-0.1, -0.05) is 30.3 Å². The maximum atomic E-state index is 11.7. The van der Waals surface area contributed by atoms with E-state index in [1.54, 1.807) is 19.1 Å². The van der Waals surface area contributed by atoms with E-state index >= 15 is 0 Å². The van der Waals surface area contributed by atoms with E-state index in [1.807, 2.05) is 18.2 Å². The molecule has 1 aromatic carbocycles. The monoisotopic (exact) mass is 235 g/mol. The first-order valence-electron chi connectivity index (χ1n) is 5.49. The molecule has 0 heterocycles. The van der Waals surface area contributed by atoms with Gasteiger partial charge in [-0.25, -0.2) is 4.79 Å². The second kappa shape index (κ2) is 4.16. The van der Waals surface area contributed by atoms with Gasteiger partial charge in [0.1, 0.15) is 0 Å². The van der Waals surface area contributed by atoms with Crippen molar-refractivity contribution in [1.82, 2.24) is 0 Å². The Balaban J connectivity index is 2.25. The SMILES string of the molecule is CCOC(=O)[C@@]1([N+](=O)[O-])C[C@@H]1c1ccccc1. The molecular formula is C12H13NO4. The largest absolute Gasteiger partial charge is 0.461 e. The van der Waals surface area contributed by atoms with Crippen LogP contribution in [0.3, 0.4) is 0 Å². The minimum atomic E-state index is -1.56. The van der Waals surface area contributed by atoms with Crippen LogP contribution in [0, 0.1) is 10.1 Å². The molecule has 5 nitrogen and oxygen atoms in total. The summed E-state index contributed by atoms with van der Waals surface area (Å²) in [7, 11) is 0. The van der Waals surface area contributed by atoms with Crippen LogP contribution in [0.2, 0.25) is 0 Å². The molecule has 0 aliphatic heterocycles. The molecule has 0 unspecified atom stereocenters. The molecule has 1 saturated carbocycles. The predicted octanol–water partition coefficient (Wildman–Crippen LogP) is 1.75. The van der Waals surface area contributed by atoms with Crippen LogP contribution in [0.15, 0.2) is 30.3 Å². The second-order valence-corrected chi connectivity index (χ2v) is 4.07. The highest BCUT2D eigenvalue weighted by Gasteiger charge is 2.73. The molecule has 0 radical (unpaired) electrons. The number of esters is 1. The van der Waals surface area contributed by atoms with Crippen LogP contribution in [0.1, 0.15) is 24.8 Å². The van der Waals surface area contributed by atoms with Gasteiger partial charge in [-0.2, -0.15) is 0 Å². The van der Waals surface area contributed by atoms with E-state index in [-0.39, 0.29) is 18.9 Å². The molecule has 90 valence electrons. The Labute approximate surface area is 98.5 Å². The zero-order valence-electron chi connectivity index (χ0n) is 9.46. The van der Waals surface area contributed by atoms with Crippen molar-refractivity contribution < 1.29 is 14.5 Å². The third kappa shape index (κ3) is 1.77. The molecule has 1 aliphatic carbocycles. The van der Waals surface area contributed by atoms with Crippen molar-refractivity contribution in [2.45, 2.75) is 24.8 Å². The fraction of sp³-hybridized carbons (Fsp3) is 0.417. The third-order valence-corrected chi connectivity index (χ3v) is 3.09. The Morgan fingerprint density at radius 2 is 2.18 bits per heavy atom. The van der Waals surface area contributed by atoms with Gasteiger partial charge in [0, 0.05) is 11.3 Å². The Morgan fingerprint density at radius 3 is 2.71 bits per heavy atom. The van der Waals surface area contributed by atoms with E-state index in [0.29, 0.717) is 0 Å². The van der Waals surface area contributed by atoms with Gasteiger partial charge in [0.05, 0.1) is 12.5 Å². The normalized spacial score (nSPS) is 26.3. The number of benzene rings is 1. The first-order chi connectivity index (χ1) is 8.13. The van der Waals surface area contributed by atoms with Crippen molar-refractivity contribution in [3.05, 3.63) is 46.0 Å². The molecule has 0 N–H and O–H groups in total. The molecule has 0 amide bonds. The maximum absolute atomic E-state index is 11.7. The summed E-state index contributed by atoms with van der Waals surface area (Å²) in [5.41, 5.74) is -0.741. The van der Waals surface area contributed by atoms with Crippen LogP contribution in [0.4, 0.5) is 0 Å². The minimum Gasteiger partial charge on any atom is -0.461 e. The third-order valence-electron chi connectivity index (χ3n) is 3.09. The molecule has 0 bridgehead atoms. The Kier molecular flexibility index (Phi) is 2.83. The first-order valence-corrected chi connectivity index (χ1v) is 5.49. The summed E-state index contributed by atoms with van der Waals surface area (Å²) in [6.07, 6.45) is 0.225. The molecular weight excluding hydrogens is 222 g/mol. The fourth-order valence-electron chi connectivity index (χ4n) is 2.09.